The smallest absolute Gasteiger partial charge is 0.330 e. The number of alkyl halides is 6. The van der Waals surface area contributed by atoms with Crippen LogP contribution in [0.3, 0.4) is 0 Å². The van der Waals surface area contributed by atoms with Crippen LogP contribution in [-0.4, -0.2) is 30.1 Å². The highest BCUT2D eigenvalue weighted by Gasteiger charge is 2.34. The third-order valence-electron chi connectivity index (χ3n) is 2.48. The Morgan fingerprint density at radius 2 is 1.75 bits per heavy atom. The number of hydrogen-bond donors (Lipinski definition) is 0. The van der Waals surface area contributed by atoms with Gasteiger partial charge in [0, 0.05) is 12.1 Å². The molecule has 112 valence electrons. The van der Waals surface area contributed by atoms with Crippen LogP contribution in [0.25, 0.3) is 0 Å². The van der Waals surface area contributed by atoms with Crippen LogP contribution in [-0.2, 0) is 6.18 Å². The van der Waals surface area contributed by atoms with Gasteiger partial charge in [-0.25, -0.2) is 0 Å². The molecular weight excluding hydrogens is 288 g/mol. The first-order chi connectivity index (χ1) is 9.04. The summed E-state index contributed by atoms with van der Waals surface area (Å²) in [6.45, 7) is -0.440. The summed E-state index contributed by atoms with van der Waals surface area (Å²) in [6, 6.07) is 3.33. The van der Waals surface area contributed by atoms with Crippen LogP contribution < -0.4 is 0 Å². The minimum Gasteiger partial charge on any atom is -0.330 e. The number of amides is 1. The van der Waals surface area contributed by atoms with Crippen molar-refractivity contribution in [3.05, 3.63) is 35.4 Å². The van der Waals surface area contributed by atoms with Gasteiger partial charge in [-0.15, -0.1) is 0 Å². The molecule has 0 aliphatic carbocycles. The van der Waals surface area contributed by atoms with Crippen molar-refractivity contribution < 1.29 is 31.1 Å². The molecular formula is C12H11F6NO. The molecule has 0 aliphatic rings. The summed E-state index contributed by atoms with van der Waals surface area (Å²) >= 11 is 0. The number of halogens is 6. The molecule has 0 spiro atoms. The second-order valence-electron chi connectivity index (χ2n) is 4.01. The fourth-order valence-electron chi connectivity index (χ4n) is 1.55. The van der Waals surface area contributed by atoms with E-state index in [1.54, 1.807) is 0 Å². The highest BCUT2D eigenvalue weighted by atomic mass is 19.4. The lowest BCUT2D eigenvalue weighted by Crippen LogP contribution is -2.38. The molecule has 0 bridgehead atoms. The van der Waals surface area contributed by atoms with Gasteiger partial charge in [-0.05, 0) is 25.1 Å². The van der Waals surface area contributed by atoms with Crippen LogP contribution in [0, 0.1) is 0 Å². The highest BCUT2D eigenvalue weighted by molar-refractivity contribution is 5.94. The average Bonchev–Trinajstić information content (AvgIpc) is 2.33. The fourth-order valence-corrected chi connectivity index (χ4v) is 1.55. The summed E-state index contributed by atoms with van der Waals surface area (Å²) in [5.74, 6) is -1.09. The van der Waals surface area contributed by atoms with Crippen molar-refractivity contribution in [1.82, 2.24) is 4.90 Å². The van der Waals surface area contributed by atoms with Crippen molar-refractivity contribution in [3.63, 3.8) is 0 Å². The normalized spacial score (nSPS) is 12.3. The lowest BCUT2D eigenvalue weighted by Gasteiger charge is -2.22. The van der Waals surface area contributed by atoms with Gasteiger partial charge in [-0.3, -0.25) is 4.79 Å². The SMILES string of the molecule is CCN(CC(F)(F)F)C(=O)c1cccc(C(F)(F)F)c1. The maximum atomic E-state index is 12.5. The van der Waals surface area contributed by atoms with Crippen LogP contribution in [0.2, 0.25) is 0 Å². The van der Waals surface area contributed by atoms with Gasteiger partial charge in [0.15, 0.2) is 0 Å². The second-order valence-corrected chi connectivity index (χ2v) is 4.01. The van der Waals surface area contributed by atoms with Gasteiger partial charge in [-0.2, -0.15) is 26.3 Å². The minimum atomic E-state index is -4.66. The van der Waals surface area contributed by atoms with E-state index in [9.17, 15) is 31.1 Å². The van der Waals surface area contributed by atoms with Crippen LogP contribution in [0.1, 0.15) is 22.8 Å². The molecule has 20 heavy (non-hydrogen) atoms. The van der Waals surface area contributed by atoms with Gasteiger partial charge in [0.25, 0.3) is 5.91 Å². The van der Waals surface area contributed by atoms with Gasteiger partial charge < -0.3 is 4.90 Å². The number of nitrogens with zero attached hydrogens (tertiary/aromatic N) is 1. The first-order valence-electron chi connectivity index (χ1n) is 5.58. The van der Waals surface area contributed by atoms with E-state index >= 15 is 0 Å². The third-order valence-corrected chi connectivity index (χ3v) is 2.48. The van der Waals surface area contributed by atoms with E-state index in [-0.39, 0.29) is 6.54 Å². The van der Waals surface area contributed by atoms with Crippen molar-refractivity contribution in [1.29, 1.82) is 0 Å². The van der Waals surface area contributed by atoms with Crippen molar-refractivity contribution in [2.24, 2.45) is 0 Å². The van der Waals surface area contributed by atoms with Gasteiger partial charge in [0.05, 0.1) is 5.56 Å². The zero-order valence-electron chi connectivity index (χ0n) is 10.3. The van der Waals surface area contributed by atoms with Gasteiger partial charge in [0.1, 0.15) is 6.54 Å². The van der Waals surface area contributed by atoms with Gasteiger partial charge >= 0.3 is 12.4 Å². The molecule has 8 heteroatoms. The lowest BCUT2D eigenvalue weighted by molar-refractivity contribution is -0.140. The van der Waals surface area contributed by atoms with E-state index in [1.165, 1.54) is 6.92 Å². The molecule has 0 saturated heterocycles. The molecule has 2 nitrogen and oxygen atoms in total. The Bertz CT molecular complexity index is 480. The van der Waals surface area contributed by atoms with Crippen molar-refractivity contribution in [3.8, 4) is 0 Å². The molecule has 0 saturated carbocycles. The Labute approximate surface area is 111 Å². The predicted molar refractivity (Wildman–Crippen MR) is 59.1 cm³/mol. The predicted octanol–water partition coefficient (Wildman–Crippen LogP) is 3.73. The van der Waals surface area contributed by atoms with E-state index in [0.29, 0.717) is 11.0 Å². The van der Waals surface area contributed by atoms with Crippen molar-refractivity contribution in [2.45, 2.75) is 19.3 Å². The van der Waals surface area contributed by atoms with E-state index < -0.39 is 35.9 Å². The molecule has 1 aromatic rings. The Hall–Kier alpha value is -1.73. The third kappa shape index (κ3) is 4.43. The molecule has 1 rings (SSSR count). The van der Waals surface area contributed by atoms with Crippen molar-refractivity contribution in [2.75, 3.05) is 13.1 Å². The molecule has 1 aromatic carbocycles. The summed E-state index contributed by atoms with van der Waals surface area (Å²) in [4.78, 5) is 12.2. The molecule has 0 aromatic heterocycles. The molecule has 1 amide bonds. The summed E-state index contributed by atoms with van der Waals surface area (Å²) in [6.07, 6.45) is -9.26. The summed E-state index contributed by atoms with van der Waals surface area (Å²) in [5, 5.41) is 0. The van der Waals surface area contributed by atoms with E-state index in [1.807, 2.05) is 0 Å². The molecule has 0 aliphatic heterocycles. The van der Waals surface area contributed by atoms with Crippen LogP contribution in [0.5, 0.6) is 0 Å². The van der Waals surface area contributed by atoms with Gasteiger partial charge in [-0.1, -0.05) is 6.07 Å². The number of carbonyl (C=O) groups is 1. The zero-order valence-corrected chi connectivity index (χ0v) is 10.3. The first-order valence-corrected chi connectivity index (χ1v) is 5.58. The zero-order chi connectivity index (χ0) is 15.6. The Kier molecular flexibility index (Phi) is 4.67. The Balaban J connectivity index is 3.02. The first kappa shape index (κ1) is 16.3. The Morgan fingerprint density at radius 3 is 2.20 bits per heavy atom. The molecule has 0 N–H and O–H groups in total. The lowest BCUT2D eigenvalue weighted by atomic mass is 10.1. The summed E-state index contributed by atoms with van der Waals surface area (Å²) < 4.78 is 74.2. The number of hydrogen-bond acceptors (Lipinski definition) is 1. The van der Waals surface area contributed by atoms with Crippen LogP contribution in [0.4, 0.5) is 26.3 Å². The maximum absolute atomic E-state index is 12.5. The minimum absolute atomic E-state index is 0.255. The quantitative estimate of drug-likeness (QED) is 0.779. The summed E-state index contributed by atoms with van der Waals surface area (Å²) in [7, 11) is 0. The molecule has 0 fully saturated rings. The monoisotopic (exact) mass is 299 g/mol. The summed E-state index contributed by atoms with van der Waals surface area (Å²) in [5.41, 5.74) is -1.50. The highest BCUT2D eigenvalue weighted by Crippen LogP contribution is 2.30. The van der Waals surface area contributed by atoms with Crippen LogP contribution >= 0.6 is 0 Å². The molecule has 0 atom stereocenters. The second kappa shape index (κ2) is 5.72. The van der Waals surface area contributed by atoms with Crippen LogP contribution in [0.15, 0.2) is 24.3 Å². The number of carbonyl (C=O) groups excluding carboxylic acids is 1. The largest absolute Gasteiger partial charge is 0.416 e. The molecule has 0 radical (unpaired) electrons. The standard InChI is InChI=1S/C12H11F6NO/c1-2-19(7-11(13,14)15)10(20)8-4-3-5-9(6-8)12(16,17)18/h3-6H,2,7H2,1H3. The fraction of sp³-hybridized carbons (Fsp3) is 0.417. The topological polar surface area (TPSA) is 20.3 Å². The van der Waals surface area contributed by atoms with Crippen molar-refractivity contribution >= 4 is 5.91 Å². The number of benzene rings is 1. The van der Waals surface area contributed by atoms with E-state index in [0.717, 1.165) is 18.2 Å². The average molecular weight is 299 g/mol. The number of rotatable bonds is 3. The maximum Gasteiger partial charge on any atom is 0.416 e. The van der Waals surface area contributed by atoms with Gasteiger partial charge in [0.2, 0.25) is 0 Å². The Morgan fingerprint density at radius 1 is 1.15 bits per heavy atom. The van der Waals surface area contributed by atoms with E-state index in [4.69, 9.17) is 0 Å². The molecule has 0 unspecified atom stereocenters. The molecule has 0 heterocycles. The van der Waals surface area contributed by atoms with E-state index in [2.05, 4.69) is 0 Å².